The number of hydrogen-bond acceptors (Lipinski definition) is 4. The number of hydrogen-bond donors (Lipinski definition) is 1. The lowest BCUT2D eigenvalue weighted by atomic mass is 9.54. The summed E-state index contributed by atoms with van der Waals surface area (Å²) in [4.78, 5) is 15.4. The number of carboxylic acid groups (broad SMARTS) is 1. The van der Waals surface area contributed by atoms with Gasteiger partial charge in [0.1, 0.15) is 0 Å². The Morgan fingerprint density at radius 2 is 2.09 bits per heavy atom. The van der Waals surface area contributed by atoms with Crippen molar-refractivity contribution in [1.29, 1.82) is 0 Å². The standard InChI is InChI=1S/C27H31NO4S/c1-27-13-12-22-21-9-7-20(33(31,32)15-3-5-26(29)30)16-18(21)6-8-23(22)25(27)11-10-24(27)19-4-2-14-28-17-19/h2,4,7,9-10,14,16-17,22-23,25H,3,5-6,8,11-13,15H2,1H3,(H,29,30)/t22-,23?,25+,27-/m1/s1. The Morgan fingerprint density at radius 3 is 2.85 bits per heavy atom. The Balaban J connectivity index is 1.37. The second-order valence-electron chi connectivity index (χ2n) is 10.1. The van der Waals surface area contributed by atoms with E-state index in [2.05, 4.69) is 24.1 Å². The van der Waals surface area contributed by atoms with Crippen molar-refractivity contribution < 1.29 is 18.3 Å². The topological polar surface area (TPSA) is 84.3 Å². The number of aryl methyl sites for hydroxylation is 1. The van der Waals surface area contributed by atoms with Gasteiger partial charge in [-0.05, 0) is 102 Å². The molecule has 1 aromatic heterocycles. The molecule has 5 nitrogen and oxygen atoms in total. The van der Waals surface area contributed by atoms with E-state index in [9.17, 15) is 13.2 Å². The number of aliphatic carboxylic acids is 1. The third-order valence-electron chi connectivity index (χ3n) is 8.41. The van der Waals surface area contributed by atoms with E-state index in [1.54, 1.807) is 6.07 Å². The molecular weight excluding hydrogens is 434 g/mol. The Hall–Kier alpha value is -2.47. The molecule has 0 saturated heterocycles. The molecule has 5 rings (SSSR count). The highest BCUT2D eigenvalue weighted by atomic mass is 32.2. The lowest BCUT2D eigenvalue weighted by molar-refractivity contribution is -0.137. The lowest BCUT2D eigenvalue weighted by Gasteiger charge is -2.50. The van der Waals surface area contributed by atoms with Crippen LogP contribution in [0.5, 0.6) is 0 Å². The van der Waals surface area contributed by atoms with Gasteiger partial charge in [0.2, 0.25) is 0 Å². The number of nitrogens with zero attached hydrogens (tertiary/aromatic N) is 1. The second-order valence-corrected chi connectivity index (χ2v) is 12.3. The fourth-order valence-corrected chi connectivity index (χ4v) is 8.18. The second kappa shape index (κ2) is 8.39. The van der Waals surface area contributed by atoms with Gasteiger partial charge >= 0.3 is 5.97 Å². The molecule has 1 aromatic carbocycles. The number of carboxylic acids is 1. The Bertz CT molecular complexity index is 1200. The van der Waals surface area contributed by atoms with E-state index in [1.165, 1.54) is 16.7 Å². The van der Waals surface area contributed by atoms with Gasteiger partial charge in [-0.25, -0.2) is 8.42 Å². The number of carbonyl (C=O) groups is 1. The molecule has 33 heavy (non-hydrogen) atoms. The van der Waals surface area contributed by atoms with E-state index in [0.717, 1.165) is 37.7 Å². The van der Waals surface area contributed by atoms with Crippen molar-refractivity contribution >= 4 is 21.4 Å². The van der Waals surface area contributed by atoms with Crippen LogP contribution in [0.2, 0.25) is 0 Å². The minimum atomic E-state index is -3.46. The van der Waals surface area contributed by atoms with Crippen LogP contribution in [0.15, 0.2) is 53.7 Å². The Kier molecular flexibility index (Phi) is 5.68. The third kappa shape index (κ3) is 3.92. The number of aromatic nitrogens is 1. The summed E-state index contributed by atoms with van der Waals surface area (Å²) in [6.45, 7) is 2.43. The summed E-state index contributed by atoms with van der Waals surface area (Å²) in [5.41, 5.74) is 5.36. The van der Waals surface area contributed by atoms with Crippen LogP contribution >= 0.6 is 0 Å². The molecule has 4 atom stereocenters. The van der Waals surface area contributed by atoms with Gasteiger partial charge in [0.05, 0.1) is 10.6 Å². The van der Waals surface area contributed by atoms with E-state index in [4.69, 9.17) is 5.11 Å². The summed E-state index contributed by atoms with van der Waals surface area (Å²) in [5.74, 6) is 0.628. The van der Waals surface area contributed by atoms with Gasteiger partial charge in [-0.1, -0.05) is 25.1 Å². The van der Waals surface area contributed by atoms with Gasteiger partial charge < -0.3 is 5.11 Å². The first-order chi connectivity index (χ1) is 15.8. The van der Waals surface area contributed by atoms with Crippen LogP contribution < -0.4 is 0 Å². The van der Waals surface area contributed by atoms with Gasteiger partial charge in [-0.2, -0.15) is 0 Å². The van der Waals surface area contributed by atoms with E-state index >= 15 is 0 Å². The molecule has 0 bridgehead atoms. The zero-order valence-corrected chi connectivity index (χ0v) is 19.9. The quantitative estimate of drug-likeness (QED) is 0.628. The first kappa shape index (κ1) is 22.3. The van der Waals surface area contributed by atoms with E-state index in [1.807, 2.05) is 30.6 Å². The summed E-state index contributed by atoms with van der Waals surface area (Å²) in [6, 6.07) is 9.85. The number of sulfone groups is 1. The van der Waals surface area contributed by atoms with Crippen LogP contribution in [0.3, 0.4) is 0 Å². The van der Waals surface area contributed by atoms with Crippen molar-refractivity contribution in [3.05, 3.63) is 65.5 Å². The molecule has 0 radical (unpaired) electrons. The molecular formula is C27H31NO4S. The molecule has 174 valence electrons. The summed E-state index contributed by atoms with van der Waals surface area (Å²) < 4.78 is 25.5. The average molecular weight is 466 g/mol. The van der Waals surface area contributed by atoms with Gasteiger partial charge in [-0.15, -0.1) is 0 Å². The minimum Gasteiger partial charge on any atom is -0.481 e. The number of allylic oxidation sites excluding steroid dienone is 2. The average Bonchev–Trinajstić information content (AvgIpc) is 3.16. The van der Waals surface area contributed by atoms with Crippen LogP contribution in [0.1, 0.15) is 68.1 Å². The van der Waals surface area contributed by atoms with Gasteiger partial charge in [0.15, 0.2) is 9.84 Å². The van der Waals surface area contributed by atoms with E-state index in [-0.39, 0.29) is 24.0 Å². The predicted octanol–water partition coefficient (Wildman–Crippen LogP) is 5.27. The maximum Gasteiger partial charge on any atom is 0.303 e. The van der Waals surface area contributed by atoms with Gasteiger partial charge in [0, 0.05) is 18.8 Å². The molecule has 3 aliphatic carbocycles. The first-order valence-corrected chi connectivity index (χ1v) is 13.6. The fraction of sp³-hybridized carbons (Fsp3) is 0.481. The Labute approximate surface area is 195 Å². The zero-order valence-electron chi connectivity index (χ0n) is 19.0. The van der Waals surface area contributed by atoms with Gasteiger partial charge in [0.25, 0.3) is 0 Å². The van der Waals surface area contributed by atoms with Crippen molar-refractivity contribution in [3.8, 4) is 0 Å². The van der Waals surface area contributed by atoms with Crippen LogP contribution in [-0.2, 0) is 21.1 Å². The van der Waals surface area contributed by atoms with Crippen molar-refractivity contribution in [2.75, 3.05) is 5.75 Å². The van der Waals surface area contributed by atoms with E-state index in [0.29, 0.717) is 22.6 Å². The SMILES string of the molecule is C[C@]12CC[C@@H]3c4ccc(S(=O)(=O)CCCC(=O)O)cc4CCC3[C@@H]1CC=C2c1cccnc1. The molecule has 6 heteroatoms. The van der Waals surface area contributed by atoms with Crippen LogP contribution in [0, 0.1) is 17.3 Å². The number of pyridine rings is 1. The maximum atomic E-state index is 12.7. The van der Waals surface area contributed by atoms with Crippen LogP contribution in [0.25, 0.3) is 5.57 Å². The molecule has 0 aliphatic heterocycles. The summed E-state index contributed by atoms with van der Waals surface area (Å²) >= 11 is 0. The zero-order chi connectivity index (χ0) is 23.2. The molecule has 1 fully saturated rings. The molecule has 1 N–H and O–H groups in total. The number of benzene rings is 1. The summed E-state index contributed by atoms with van der Waals surface area (Å²) in [5, 5.41) is 8.81. The fourth-order valence-electron chi connectivity index (χ4n) is 6.82. The number of fused-ring (bicyclic) bond motifs is 5. The predicted molar refractivity (Wildman–Crippen MR) is 128 cm³/mol. The molecule has 3 aliphatic rings. The molecule has 1 unspecified atom stereocenters. The van der Waals surface area contributed by atoms with Crippen molar-refractivity contribution in [3.63, 3.8) is 0 Å². The largest absolute Gasteiger partial charge is 0.481 e. The van der Waals surface area contributed by atoms with Gasteiger partial charge in [-0.3, -0.25) is 9.78 Å². The highest BCUT2D eigenvalue weighted by Crippen LogP contribution is 2.63. The van der Waals surface area contributed by atoms with Crippen molar-refractivity contribution in [2.45, 2.75) is 62.7 Å². The molecule has 2 aromatic rings. The van der Waals surface area contributed by atoms with Crippen LogP contribution in [-0.4, -0.2) is 30.2 Å². The van der Waals surface area contributed by atoms with Crippen molar-refractivity contribution in [1.82, 2.24) is 4.98 Å². The molecule has 0 amide bonds. The van der Waals surface area contributed by atoms with E-state index < -0.39 is 15.8 Å². The third-order valence-corrected chi connectivity index (χ3v) is 10.2. The molecule has 1 saturated carbocycles. The lowest BCUT2D eigenvalue weighted by Crippen LogP contribution is -2.40. The van der Waals surface area contributed by atoms with Crippen molar-refractivity contribution in [2.24, 2.45) is 17.3 Å². The maximum absolute atomic E-state index is 12.7. The van der Waals surface area contributed by atoms with Crippen LogP contribution in [0.4, 0.5) is 0 Å². The smallest absolute Gasteiger partial charge is 0.303 e. The highest BCUT2D eigenvalue weighted by Gasteiger charge is 2.51. The first-order valence-electron chi connectivity index (χ1n) is 12.0. The monoisotopic (exact) mass is 465 g/mol. The normalized spacial score (nSPS) is 28.4. The molecule has 0 spiro atoms. The summed E-state index contributed by atoms with van der Waals surface area (Å²) in [7, 11) is -3.46. The minimum absolute atomic E-state index is 0.118. The number of rotatable bonds is 6. The molecule has 1 heterocycles. The highest BCUT2D eigenvalue weighted by molar-refractivity contribution is 7.91. The Morgan fingerprint density at radius 1 is 1.24 bits per heavy atom. The summed E-state index contributed by atoms with van der Waals surface area (Å²) in [6.07, 6.45) is 11.6.